The summed E-state index contributed by atoms with van der Waals surface area (Å²) >= 11 is 13.4. The van der Waals surface area contributed by atoms with Crippen molar-refractivity contribution in [1.29, 1.82) is 0 Å². The number of hydrogen-bond donors (Lipinski definition) is 1. The summed E-state index contributed by atoms with van der Waals surface area (Å²) in [6.07, 6.45) is 1.48. The molecule has 21 heavy (non-hydrogen) atoms. The van der Waals surface area contributed by atoms with Crippen molar-refractivity contribution in [3.05, 3.63) is 50.4 Å². The van der Waals surface area contributed by atoms with E-state index in [1.165, 1.54) is 16.8 Å². The van der Waals surface area contributed by atoms with E-state index in [2.05, 4.69) is 4.98 Å². The van der Waals surface area contributed by atoms with E-state index in [0.717, 1.165) is 17.3 Å². The normalized spacial score (nSPS) is 10.6. The molecule has 0 aliphatic rings. The molecular weight excluding hydrogens is 335 g/mol. The molecule has 110 valence electrons. The van der Waals surface area contributed by atoms with Gasteiger partial charge in [0.05, 0.1) is 21.5 Å². The van der Waals surface area contributed by atoms with Crippen LogP contribution in [-0.4, -0.2) is 26.4 Å². The van der Waals surface area contributed by atoms with Crippen molar-refractivity contribution in [3.63, 3.8) is 0 Å². The number of aromatic nitrogens is 2. The molecule has 0 amide bonds. The van der Waals surface area contributed by atoms with Gasteiger partial charge in [-0.25, -0.2) is 0 Å². The Morgan fingerprint density at radius 3 is 2.76 bits per heavy atom. The average molecular weight is 345 g/mol. The van der Waals surface area contributed by atoms with Crippen molar-refractivity contribution in [3.8, 4) is 5.69 Å². The van der Waals surface area contributed by atoms with Crippen molar-refractivity contribution >= 4 is 40.9 Å². The molecule has 5 nitrogen and oxygen atoms in total. The Balaban J connectivity index is 2.61. The molecule has 1 heterocycles. The van der Waals surface area contributed by atoms with Gasteiger partial charge < -0.3 is 5.11 Å². The quantitative estimate of drug-likeness (QED) is 0.681. The highest BCUT2D eigenvalue weighted by Gasteiger charge is 2.15. The topological polar surface area (TPSA) is 72.2 Å². The van der Waals surface area contributed by atoms with Gasteiger partial charge in [0, 0.05) is 12.3 Å². The van der Waals surface area contributed by atoms with Crippen LogP contribution in [0.2, 0.25) is 10.0 Å². The Morgan fingerprint density at radius 2 is 2.10 bits per heavy atom. The van der Waals surface area contributed by atoms with E-state index < -0.39 is 11.5 Å². The highest BCUT2D eigenvalue weighted by Crippen LogP contribution is 2.33. The van der Waals surface area contributed by atoms with Crippen LogP contribution in [0.3, 0.4) is 0 Å². The first-order chi connectivity index (χ1) is 9.90. The van der Waals surface area contributed by atoms with E-state index >= 15 is 0 Å². The molecule has 8 heteroatoms. The fourth-order valence-corrected chi connectivity index (χ4v) is 2.90. The predicted molar refractivity (Wildman–Crippen MR) is 83.0 cm³/mol. The van der Waals surface area contributed by atoms with Crippen molar-refractivity contribution in [1.82, 2.24) is 9.55 Å². The van der Waals surface area contributed by atoms with E-state index in [1.807, 2.05) is 6.92 Å². The molecule has 1 aromatic heterocycles. The minimum absolute atomic E-state index is 0.222. The molecule has 0 unspecified atom stereocenters. The van der Waals surface area contributed by atoms with Crippen LogP contribution in [0.5, 0.6) is 0 Å². The lowest BCUT2D eigenvalue weighted by molar-refractivity contribution is -0.133. The zero-order chi connectivity index (χ0) is 15.6. The summed E-state index contributed by atoms with van der Waals surface area (Å²) in [6.45, 7) is 1.82. The fourth-order valence-electron chi connectivity index (χ4n) is 1.65. The summed E-state index contributed by atoms with van der Waals surface area (Å²) in [7, 11) is 0. The second-order valence-corrected chi connectivity index (χ2v) is 5.86. The summed E-state index contributed by atoms with van der Waals surface area (Å²) in [4.78, 5) is 25.9. The minimum Gasteiger partial charge on any atom is -0.481 e. The zero-order valence-corrected chi connectivity index (χ0v) is 13.2. The second kappa shape index (κ2) is 6.51. The molecule has 0 atom stereocenters. The minimum atomic E-state index is -1.01. The number of hydrogen-bond acceptors (Lipinski definition) is 4. The van der Waals surface area contributed by atoms with Crippen LogP contribution in [0.25, 0.3) is 5.69 Å². The first-order valence-corrected chi connectivity index (χ1v) is 7.53. The van der Waals surface area contributed by atoms with E-state index in [1.54, 1.807) is 12.1 Å². The number of benzene rings is 1. The summed E-state index contributed by atoms with van der Waals surface area (Å²) in [5.41, 5.74) is 0.821. The molecule has 1 aromatic carbocycles. The molecule has 2 rings (SSSR count). The van der Waals surface area contributed by atoms with Gasteiger partial charge in [-0.15, -0.1) is 0 Å². The Morgan fingerprint density at radius 1 is 1.38 bits per heavy atom. The van der Waals surface area contributed by atoms with Crippen LogP contribution < -0.4 is 5.56 Å². The molecule has 0 saturated carbocycles. The Kier molecular flexibility index (Phi) is 4.92. The van der Waals surface area contributed by atoms with Crippen LogP contribution in [0.1, 0.15) is 5.56 Å². The molecule has 0 fully saturated rings. The standard InChI is InChI=1S/C13H10Cl2N2O3S/c1-7-2-3-8(14)12(11(7)15)17-5-4-9(18)16-13(17)21-6-10(19)20/h2-5H,6H2,1H3,(H,19,20). The largest absolute Gasteiger partial charge is 0.481 e. The Labute approximate surface area is 134 Å². The molecule has 0 radical (unpaired) electrons. The Bertz CT molecular complexity index is 762. The molecule has 0 aliphatic carbocycles. The van der Waals surface area contributed by atoms with Crippen molar-refractivity contribution in [2.75, 3.05) is 5.75 Å². The second-order valence-electron chi connectivity index (χ2n) is 4.13. The smallest absolute Gasteiger partial charge is 0.313 e. The average Bonchev–Trinajstić information content (AvgIpc) is 2.43. The van der Waals surface area contributed by atoms with Crippen LogP contribution in [0.15, 0.2) is 34.3 Å². The third-order valence-corrected chi connectivity index (χ3v) is 4.32. The number of carboxylic acids is 1. The van der Waals surface area contributed by atoms with Crippen molar-refractivity contribution < 1.29 is 9.90 Å². The van der Waals surface area contributed by atoms with Crippen LogP contribution in [-0.2, 0) is 4.79 Å². The summed E-state index contributed by atoms with van der Waals surface area (Å²) < 4.78 is 1.52. The van der Waals surface area contributed by atoms with Crippen LogP contribution in [0, 0.1) is 6.92 Å². The number of rotatable bonds is 4. The number of carboxylic acid groups (broad SMARTS) is 1. The highest BCUT2D eigenvalue weighted by atomic mass is 35.5. The monoisotopic (exact) mass is 344 g/mol. The first-order valence-electron chi connectivity index (χ1n) is 5.79. The zero-order valence-electron chi connectivity index (χ0n) is 10.8. The van der Waals surface area contributed by atoms with Gasteiger partial charge in [0.15, 0.2) is 5.16 Å². The lowest BCUT2D eigenvalue weighted by Gasteiger charge is -2.15. The molecular formula is C13H10Cl2N2O3S. The van der Waals surface area contributed by atoms with Gasteiger partial charge in [-0.2, -0.15) is 4.98 Å². The number of halogens is 2. The first kappa shape index (κ1) is 15.9. The van der Waals surface area contributed by atoms with Gasteiger partial charge in [0.2, 0.25) is 0 Å². The maximum Gasteiger partial charge on any atom is 0.313 e. The van der Waals surface area contributed by atoms with Crippen LogP contribution in [0.4, 0.5) is 0 Å². The van der Waals surface area contributed by atoms with Crippen LogP contribution >= 0.6 is 35.0 Å². The van der Waals surface area contributed by atoms with Gasteiger partial charge >= 0.3 is 5.97 Å². The number of thioether (sulfide) groups is 1. The van der Waals surface area contributed by atoms with Gasteiger partial charge in [-0.3, -0.25) is 14.2 Å². The molecule has 0 spiro atoms. The lowest BCUT2D eigenvalue weighted by atomic mass is 10.2. The van der Waals surface area contributed by atoms with E-state index in [-0.39, 0.29) is 10.9 Å². The van der Waals surface area contributed by atoms with Gasteiger partial charge in [-0.05, 0) is 18.6 Å². The summed E-state index contributed by atoms with van der Waals surface area (Å²) in [6, 6.07) is 4.72. The molecule has 2 aromatic rings. The fraction of sp³-hybridized carbons (Fsp3) is 0.154. The molecule has 0 bridgehead atoms. The van der Waals surface area contributed by atoms with Gasteiger partial charge in [0.1, 0.15) is 0 Å². The Hall–Kier alpha value is -1.50. The number of aryl methyl sites for hydroxylation is 1. The third kappa shape index (κ3) is 3.58. The SMILES string of the molecule is Cc1ccc(Cl)c(-n2ccc(=O)nc2SCC(=O)O)c1Cl. The van der Waals surface area contributed by atoms with E-state index in [4.69, 9.17) is 28.3 Å². The van der Waals surface area contributed by atoms with E-state index in [0.29, 0.717) is 15.7 Å². The highest BCUT2D eigenvalue weighted by molar-refractivity contribution is 7.99. The van der Waals surface area contributed by atoms with Gasteiger partial charge in [-0.1, -0.05) is 41.0 Å². The lowest BCUT2D eigenvalue weighted by Crippen LogP contribution is -2.14. The third-order valence-electron chi connectivity index (χ3n) is 2.60. The number of nitrogens with zero attached hydrogens (tertiary/aromatic N) is 2. The molecule has 0 aliphatic heterocycles. The number of aliphatic carboxylic acids is 1. The molecule has 0 saturated heterocycles. The number of carbonyl (C=O) groups is 1. The molecule has 1 N–H and O–H groups in total. The van der Waals surface area contributed by atoms with Crippen molar-refractivity contribution in [2.24, 2.45) is 0 Å². The summed E-state index contributed by atoms with van der Waals surface area (Å²) in [5, 5.41) is 9.80. The van der Waals surface area contributed by atoms with Crippen molar-refractivity contribution in [2.45, 2.75) is 12.1 Å². The maximum atomic E-state index is 11.4. The summed E-state index contributed by atoms with van der Waals surface area (Å²) in [5.74, 6) is -1.23. The predicted octanol–water partition coefficient (Wildman–Crippen LogP) is 3.02. The van der Waals surface area contributed by atoms with Gasteiger partial charge in [0.25, 0.3) is 5.56 Å². The van der Waals surface area contributed by atoms with E-state index in [9.17, 15) is 9.59 Å². The maximum absolute atomic E-state index is 11.4.